The zero-order valence-electron chi connectivity index (χ0n) is 12.0. The van der Waals surface area contributed by atoms with Gasteiger partial charge in [0.1, 0.15) is 5.69 Å². The third-order valence-corrected chi connectivity index (χ3v) is 3.62. The molecule has 2 aromatic rings. The highest BCUT2D eigenvalue weighted by atomic mass is 16.5. The lowest BCUT2D eigenvalue weighted by Gasteiger charge is -2.12. The maximum Gasteiger partial charge on any atom is 0.253 e. The standard InChI is InChI=1S/C16H18N2O3/c1-11-13(16(19)17-10-12-4-2-8-20-12)6-7-14(18-11)15-5-3-9-21-15/h3,5-7,9,12H,2,4,8,10H2,1H3,(H,17,19)/t12-/m0/s1. The van der Waals surface area contributed by atoms with E-state index in [1.165, 1.54) is 0 Å². The first kappa shape index (κ1) is 13.8. The summed E-state index contributed by atoms with van der Waals surface area (Å²) in [5.41, 5.74) is 2.00. The van der Waals surface area contributed by atoms with Gasteiger partial charge in [0.05, 0.1) is 23.6 Å². The van der Waals surface area contributed by atoms with Gasteiger partial charge in [-0.05, 0) is 44.0 Å². The molecule has 1 aliphatic rings. The van der Waals surface area contributed by atoms with Gasteiger partial charge in [0.25, 0.3) is 5.91 Å². The Morgan fingerprint density at radius 3 is 3.00 bits per heavy atom. The SMILES string of the molecule is Cc1nc(-c2ccco2)ccc1C(=O)NC[C@@H]1CCCO1. The molecule has 110 valence electrons. The second-order valence-electron chi connectivity index (χ2n) is 5.15. The molecular weight excluding hydrogens is 268 g/mol. The topological polar surface area (TPSA) is 64.4 Å². The fourth-order valence-electron chi connectivity index (χ4n) is 2.47. The highest BCUT2D eigenvalue weighted by molar-refractivity contribution is 5.95. The summed E-state index contributed by atoms with van der Waals surface area (Å²) in [4.78, 5) is 16.6. The molecule has 1 saturated heterocycles. The van der Waals surface area contributed by atoms with Crippen LogP contribution in [0, 0.1) is 6.92 Å². The summed E-state index contributed by atoms with van der Waals surface area (Å²) >= 11 is 0. The van der Waals surface area contributed by atoms with Crippen molar-refractivity contribution in [1.29, 1.82) is 0 Å². The van der Waals surface area contributed by atoms with Crippen LogP contribution >= 0.6 is 0 Å². The van der Waals surface area contributed by atoms with Crippen molar-refractivity contribution in [2.45, 2.75) is 25.9 Å². The van der Waals surface area contributed by atoms with E-state index in [2.05, 4.69) is 10.3 Å². The Labute approximate surface area is 123 Å². The first-order chi connectivity index (χ1) is 10.2. The summed E-state index contributed by atoms with van der Waals surface area (Å²) in [6.45, 7) is 3.17. The predicted octanol–water partition coefficient (Wildman–Crippen LogP) is 2.56. The third kappa shape index (κ3) is 3.13. The molecule has 2 aromatic heterocycles. The van der Waals surface area contributed by atoms with Crippen molar-refractivity contribution in [2.75, 3.05) is 13.2 Å². The van der Waals surface area contributed by atoms with Gasteiger partial charge in [-0.25, -0.2) is 4.98 Å². The van der Waals surface area contributed by atoms with E-state index in [-0.39, 0.29) is 12.0 Å². The van der Waals surface area contributed by atoms with Crippen molar-refractivity contribution in [2.24, 2.45) is 0 Å². The molecule has 0 spiro atoms. The normalized spacial score (nSPS) is 17.9. The molecular formula is C16H18N2O3. The monoisotopic (exact) mass is 286 g/mol. The summed E-state index contributed by atoms with van der Waals surface area (Å²) < 4.78 is 10.8. The van der Waals surface area contributed by atoms with Crippen LogP contribution in [0.25, 0.3) is 11.5 Å². The number of hydrogen-bond donors (Lipinski definition) is 1. The predicted molar refractivity (Wildman–Crippen MR) is 78.0 cm³/mol. The van der Waals surface area contributed by atoms with Gasteiger partial charge in [0.15, 0.2) is 5.76 Å². The molecule has 5 nitrogen and oxygen atoms in total. The number of nitrogens with zero attached hydrogens (tertiary/aromatic N) is 1. The van der Waals surface area contributed by atoms with E-state index in [0.717, 1.165) is 25.1 Å². The number of ether oxygens (including phenoxy) is 1. The van der Waals surface area contributed by atoms with E-state index in [9.17, 15) is 4.79 Å². The summed E-state index contributed by atoms with van der Waals surface area (Å²) in [5, 5.41) is 2.91. The number of pyridine rings is 1. The molecule has 0 aliphatic carbocycles. The number of furan rings is 1. The lowest BCUT2D eigenvalue weighted by molar-refractivity contribution is 0.0857. The van der Waals surface area contributed by atoms with Gasteiger partial charge in [-0.2, -0.15) is 0 Å². The fourth-order valence-corrected chi connectivity index (χ4v) is 2.47. The Kier molecular flexibility index (Phi) is 4.01. The average Bonchev–Trinajstić information content (AvgIpc) is 3.18. The molecule has 3 rings (SSSR count). The zero-order chi connectivity index (χ0) is 14.7. The largest absolute Gasteiger partial charge is 0.463 e. The number of carbonyl (C=O) groups excluding carboxylic acids is 1. The Morgan fingerprint density at radius 1 is 1.43 bits per heavy atom. The summed E-state index contributed by atoms with van der Waals surface area (Å²) in [6.07, 6.45) is 3.83. The molecule has 1 atom stereocenters. The Morgan fingerprint density at radius 2 is 2.33 bits per heavy atom. The molecule has 0 bridgehead atoms. The van der Waals surface area contributed by atoms with Gasteiger partial charge in [-0.15, -0.1) is 0 Å². The summed E-state index contributed by atoms with van der Waals surface area (Å²) in [7, 11) is 0. The number of aryl methyl sites for hydroxylation is 1. The average molecular weight is 286 g/mol. The number of hydrogen-bond acceptors (Lipinski definition) is 4. The van der Waals surface area contributed by atoms with Crippen molar-refractivity contribution >= 4 is 5.91 Å². The van der Waals surface area contributed by atoms with Crippen molar-refractivity contribution in [1.82, 2.24) is 10.3 Å². The van der Waals surface area contributed by atoms with Crippen LogP contribution in [0.4, 0.5) is 0 Å². The lowest BCUT2D eigenvalue weighted by atomic mass is 10.1. The second kappa shape index (κ2) is 6.10. The smallest absolute Gasteiger partial charge is 0.253 e. The number of aromatic nitrogens is 1. The molecule has 0 saturated carbocycles. The number of rotatable bonds is 4. The van der Waals surface area contributed by atoms with E-state index < -0.39 is 0 Å². The molecule has 0 radical (unpaired) electrons. The van der Waals surface area contributed by atoms with Gasteiger partial charge in [-0.1, -0.05) is 0 Å². The number of nitrogens with one attached hydrogen (secondary N) is 1. The molecule has 1 aliphatic heterocycles. The molecule has 0 unspecified atom stereocenters. The highest BCUT2D eigenvalue weighted by Gasteiger charge is 2.18. The van der Waals surface area contributed by atoms with Gasteiger partial charge < -0.3 is 14.5 Å². The van der Waals surface area contributed by atoms with E-state index >= 15 is 0 Å². The van der Waals surface area contributed by atoms with E-state index in [1.807, 2.05) is 19.1 Å². The maximum atomic E-state index is 12.2. The van der Waals surface area contributed by atoms with Crippen LogP contribution in [-0.2, 0) is 4.74 Å². The molecule has 1 N–H and O–H groups in total. The quantitative estimate of drug-likeness (QED) is 0.938. The first-order valence-corrected chi connectivity index (χ1v) is 7.15. The molecule has 1 amide bonds. The molecule has 5 heteroatoms. The summed E-state index contributed by atoms with van der Waals surface area (Å²) in [5.74, 6) is 0.589. The molecule has 1 fully saturated rings. The van der Waals surface area contributed by atoms with Crippen molar-refractivity contribution in [3.05, 3.63) is 41.8 Å². The van der Waals surface area contributed by atoms with Crippen LogP contribution in [0.1, 0.15) is 28.9 Å². The lowest BCUT2D eigenvalue weighted by Crippen LogP contribution is -2.32. The van der Waals surface area contributed by atoms with E-state index in [1.54, 1.807) is 18.4 Å². The minimum absolute atomic E-state index is 0.110. The van der Waals surface area contributed by atoms with E-state index in [0.29, 0.717) is 23.6 Å². The fraction of sp³-hybridized carbons (Fsp3) is 0.375. The minimum Gasteiger partial charge on any atom is -0.463 e. The van der Waals surface area contributed by atoms with Crippen LogP contribution in [0.2, 0.25) is 0 Å². The number of amides is 1. The van der Waals surface area contributed by atoms with Gasteiger partial charge in [-0.3, -0.25) is 4.79 Å². The Hall–Kier alpha value is -2.14. The zero-order valence-corrected chi connectivity index (χ0v) is 12.0. The van der Waals surface area contributed by atoms with Gasteiger partial charge >= 0.3 is 0 Å². The van der Waals surface area contributed by atoms with Crippen molar-refractivity contribution < 1.29 is 13.9 Å². The second-order valence-corrected chi connectivity index (χ2v) is 5.15. The van der Waals surface area contributed by atoms with Crippen LogP contribution in [0.3, 0.4) is 0 Å². The highest BCUT2D eigenvalue weighted by Crippen LogP contribution is 2.19. The number of carbonyl (C=O) groups is 1. The third-order valence-electron chi connectivity index (χ3n) is 3.62. The molecule has 0 aromatic carbocycles. The van der Waals surface area contributed by atoms with Crippen LogP contribution < -0.4 is 5.32 Å². The molecule has 3 heterocycles. The van der Waals surface area contributed by atoms with Crippen LogP contribution in [-0.4, -0.2) is 30.1 Å². The van der Waals surface area contributed by atoms with Crippen LogP contribution in [0.15, 0.2) is 34.9 Å². The minimum atomic E-state index is -0.110. The molecule has 21 heavy (non-hydrogen) atoms. The maximum absolute atomic E-state index is 12.2. The first-order valence-electron chi connectivity index (χ1n) is 7.15. The Bertz CT molecular complexity index is 616. The van der Waals surface area contributed by atoms with Gasteiger partial charge in [0, 0.05) is 13.2 Å². The van der Waals surface area contributed by atoms with Gasteiger partial charge in [0.2, 0.25) is 0 Å². The van der Waals surface area contributed by atoms with E-state index in [4.69, 9.17) is 9.15 Å². The summed E-state index contributed by atoms with van der Waals surface area (Å²) in [6, 6.07) is 7.24. The van der Waals surface area contributed by atoms with Crippen molar-refractivity contribution in [3.63, 3.8) is 0 Å². The van der Waals surface area contributed by atoms with Crippen LogP contribution in [0.5, 0.6) is 0 Å². The van der Waals surface area contributed by atoms with Crippen molar-refractivity contribution in [3.8, 4) is 11.5 Å². The Balaban J connectivity index is 1.68.